The molecule has 1 N–H and O–H groups in total. The molecular weight excluding hydrogens is 414 g/mol. The SMILES string of the molecule is COc1cccc(NC2=C(c3ccc(C)cc3C)C(=O)N(c3ccc(N(C)C)cc3)C2=O)c1. The van der Waals surface area contributed by atoms with Crippen LogP contribution in [0.25, 0.3) is 5.57 Å². The van der Waals surface area contributed by atoms with Crippen LogP contribution in [0.15, 0.2) is 72.4 Å². The van der Waals surface area contributed by atoms with Gasteiger partial charge in [0.15, 0.2) is 0 Å². The summed E-state index contributed by atoms with van der Waals surface area (Å²) in [6.07, 6.45) is 0. The molecule has 0 fully saturated rings. The number of rotatable bonds is 6. The molecule has 0 spiro atoms. The van der Waals surface area contributed by atoms with Crippen LogP contribution >= 0.6 is 0 Å². The molecule has 0 aliphatic carbocycles. The van der Waals surface area contributed by atoms with Gasteiger partial charge < -0.3 is 15.0 Å². The van der Waals surface area contributed by atoms with Crippen molar-refractivity contribution in [2.24, 2.45) is 0 Å². The van der Waals surface area contributed by atoms with Gasteiger partial charge in [-0.2, -0.15) is 0 Å². The van der Waals surface area contributed by atoms with Crippen molar-refractivity contribution >= 4 is 34.4 Å². The van der Waals surface area contributed by atoms with Crippen molar-refractivity contribution in [3.63, 3.8) is 0 Å². The predicted molar refractivity (Wildman–Crippen MR) is 133 cm³/mol. The largest absolute Gasteiger partial charge is 0.497 e. The Balaban J connectivity index is 1.82. The summed E-state index contributed by atoms with van der Waals surface area (Å²) in [4.78, 5) is 30.5. The van der Waals surface area contributed by atoms with Crippen molar-refractivity contribution in [2.45, 2.75) is 13.8 Å². The second-order valence-corrected chi connectivity index (χ2v) is 8.28. The van der Waals surface area contributed by atoms with Crippen LogP contribution in [-0.2, 0) is 9.59 Å². The van der Waals surface area contributed by atoms with Gasteiger partial charge in [0, 0.05) is 31.5 Å². The van der Waals surface area contributed by atoms with E-state index in [0.717, 1.165) is 22.4 Å². The fourth-order valence-corrected chi connectivity index (χ4v) is 3.97. The average Bonchev–Trinajstić information content (AvgIpc) is 3.03. The van der Waals surface area contributed by atoms with Crippen LogP contribution in [-0.4, -0.2) is 33.0 Å². The summed E-state index contributed by atoms with van der Waals surface area (Å²) in [6.45, 7) is 3.95. The number of amides is 2. The number of benzene rings is 3. The van der Waals surface area contributed by atoms with E-state index in [9.17, 15) is 9.59 Å². The molecule has 3 aromatic rings. The Bertz CT molecular complexity index is 1260. The molecule has 1 aliphatic rings. The summed E-state index contributed by atoms with van der Waals surface area (Å²) in [5.74, 6) is -0.0908. The smallest absolute Gasteiger partial charge is 0.282 e. The van der Waals surface area contributed by atoms with Gasteiger partial charge in [-0.3, -0.25) is 9.59 Å². The first-order valence-electron chi connectivity index (χ1n) is 10.7. The fourth-order valence-electron chi connectivity index (χ4n) is 3.97. The topological polar surface area (TPSA) is 61.9 Å². The molecule has 1 aliphatic heterocycles. The van der Waals surface area contributed by atoms with Crippen LogP contribution in [0.1, 0.15) is 16.7 Å². The zero-order chi connectivity index (χ0) is 23.7. The molecule has 0 aromatic heterocycles. The normalized spacial score (nSPS) is 13.5. The van der Waals surface area contributed by atoms with E-state index in [1.165, 1.54) is 4.90 Å². The number of hydrogen-bond acceptors (Lipinski definition) is 5. The first-order chi connectivity index (χ1) is 15.8. The monoisotopic (exact) mass is 441 g/mol. The van der Waals surface area contributed by atoms with Crippen molar-refractivity contribution in [2.75, 3.05) is 36.3 Å². The van der Waals surface area contributed by atoms with Crippen LogP contribution in [0.3, 0.4) is 0 Å². The third-order valence-corrected chi connectivity index (χ3v) is 5.70. The van der Waals surface area contributed by atoms with Gasteiger partial charge in [0.25, 0.3) is 11.8 Å². The maximum atomic E-state index is 13.7. The fraction of sp³-hybridized carbons (Fsp3) is 0.185. The molecule has 0 saturated carbocycles. The maximum absolute atomic E-state index is 13.7. The van der Waals surface area contributed by atoms with Crippen molar-refractivity contribution in [1.29, 1.82) is 0 Å². The number of carbonyl (C=O) groups excluding carboxylic acids is 2. The quantitative estimate of drug-likeness (QED) is 0.558. The summed E-state index contributed by atoms with van der Waals surface area (Å²) in [5.41, 5.74) is 5.53. The summed E-state index contributed by atoms with van der Waals surface area (Å²) in [6, 6.07) is 20.5. The first-order valence-corrected chi connectivity index (χ1v) is 10.7. The number of methoxy groups -OCH3 is 1. The molecule has 3 aromatic carbocycles. The molecule has 6 heteroatoms. The van der Waals surface area contributed by atoms with Gasteiger partial charge in [0.2, 0.25) is 0 Å². The minimum Gasteiger partial charge on any atom is -0.497 e. The second kappa shape index (κ2) is 8.82. The Morgan fingerprint density at radius 3 is 2.24 bits per heavy atom. The molecule has 1 heterocycles. The van der Waals surface area contributed by atoms with E-state index < -0.39 is 5.91 Å². The Kier molecular flexibility index (Phi) is 5.92. The van der Waals surface area contributed by atoms with Gasteiger partial charge in [0.05, 0.1) is 18.4 Å². The van der Waals surface area contributed by atoms with Crippen molar-refractivity contribution in [3.05, 3.63) is 89.1 Å². The van der Waals surface area contributed by atoms with Crippen molar-refractivity contribution < 1.29 is 14.3 Å². The van der Waals surface area contributed by atoms with Gasteiger partial charge in [-0.25, -0.2) is 4.90 Å². The van der Waals surface area contributed by atoms with Crippen LogP contribution < -0.4 is 19.9 Å². The number of aryl methyl sites for hydroxylation is 2. The van der Waals surface area contributed by atoms with Crippen LogP contribution in [0.4, 0.5) is 17.1 Å². The summed E-state index contributed by atoms with van der Waals surface area (Å²) in [7, 11) is 5.47. The number of imide groups is 1. The molecule has 4 rings (SSSR count). The number of anilines is 3. The zero-order valence-corrected chi connectivity index (χ0v) is 19.5. The Morgan fingerprint density at radius 2 is 1.61 bits per heavy atom. The predicted octanol–water partition coefficient (Wildman–Crippen LogP) is 4.77. The van der Waals surface area contributed by atoms with Crippen molar-refractivity contribution in [3.8, 4) is 5.75 Å². The van der Waals surface area contributed by atoms with Crippen molar-refractivity contribution in [1.82, 2.24) is 0 Å². The third kappa shape index (κ3) is 4.20. The molecule has 2 amide bonds. The summed E-state index contributed by atoms with van der Waals surface area (Å²) < 4.78 is 5.31. The van der Waals surface area contributed by atoms with Gasteiger partial charge in [-0.1, -0.05) is 29.8 Å². The van der Waals surface area contributed by atoms with E-state index in [2.05, 4.69) is 5.32 Å². The first kappa shape index (κ1) is 22.1. The van der Waals surface area contributed by atoms with Gasteiger partial charge in [-0.15, -0.1) is 0 Å². The second-order valence-electron chi connectivity index (χ2n) is 8.28. The Morgan fingerprint density at radius 1 is 0.879 bits per heavy atom. The van der Waals surface area contributed by atoms with Gasteiger partial charge in [0.1, 0.15) is 11.4 Å². The molecule has 0 radical (unpaired) electrons. The molecule has 0 unspecified atom stereocenters. The molecule has 168 valence electrons. The summed E-state index contributed by atoms with van der Waals surface area (Å²) in [5, 5.41) is 3.19. The van der Waals surface area contributed by atoms with E-state index in [4.69, 9.17) is 4.74 Å². The van der Waals surface area contributed by atoms with Crippen LogP contribution in [0.2, 0.25) is 0 Å². The standard InChI is InChI=1S/C27H27N3O3/c1-17-9-14-23(18(2)15-17)24-25(28-19-7-6-8-22(16-19)33-5)27(32)30(26(24)31)21-12-10-20(11-13-21)29(3)4/h6-16,28H,1-5H3. The van der Waals surface area contributed by atoms with Crippen LogP contribution in [0.5, 0.6) is 5.75 Å². The molecule has 33 heavy (non-hydrogen) atoms. The highest BCUT2D eigenvalue weighted by Gasteiger charge is 2.40. The van der Waals surface area contributed by atoms with E-state index in [1.54, 1.807) is 25.3 Å². The van der Waals surface area contributed by atoms with E-state index >= 15 is 0 Å². The van der Waals surface area contributed by atoms with Gasteiger partial charge in [-0.05, 0) is 61.4 Å². The average molecular weight is 442 g/mol. The number of nitrogens with one attached hydrogen (secondary N) is 1. The molecule has 0 bridgehead atoms. The van der Waals surface area contributed by atoms with Gasteiger partial charge >= 0.3 is 0 Å². The Hall–Kier alpha value is -4.06. The number of ether oxygens (including phenoxy) is 1. The highest BCUT2D eigenvalue weighted by Crippen LogP contribution is 2.36. The third-order valence-electron chi connectivity index (χ3n) is 5.70. The van der Waals surface area contributed by atoms with Crippen LogP contribution in [0, 0.1) is 13.8 Å². The number of hydrogen-bond donors (Lipinski definition) is 1. The molecular formula is C27H27N3O3. The summed E-state index contributed by atoms with van der Waals surface area (Å²) >= 11 is 0. The number of nitrogens with zero attached hydrogens (tertiary/aromatic N) is 2. The lowest BCUT2D eigenvalue weighted by Crippen LogP contribution is -2.32. The lowest BCUT2D eigenvalue weighted by atomic mass is 9.97. The lowest BCUT2D eigenvalue weighted by Gasteiger charge is -2.18. The minimum atomic E-state index is -0.393. The highest BCUT2D eigenvalue weighted by atomic mass is 16.5. The highest BCUT2D eigenvalue weighted by molar-refractivity contribution is 6.46. The maximum Gasteiger partial charge on any atom is 0.282 e. The van der Waals surface area contributed by atoms with E-state index in [0.29, 0.717) is 22.7 Å². The number of carbonyl (C=O) groups is 2. The zero-order valence-electron chi connectivity index (χ0n) is 19.5. The Labute approximate surface area is 194 Å². The molecule has 6 nitrogen and oxygen atoms in total. The van der Waals surface area contributed by atoms with E-state index in [-0.39, 0.29) is 11.6 Å². The minimum absolute atomic E-state index is 0.247. The molecule has 0 atom stereocenters. The van der Waals surface area contributed by atoms with E-state index in [1.807, 2.05) is 81.4 Å². The molecule has 0 saturated heterocycles. The lowest BCUT2D eigenvalue weighted by molar-refractivity contribution is -0.120.